The van der Waals surface area contributed by atoms with E-state index >= 15 is 0 Å². The summed E-state index contributed by atoms with van der Waals surface area (Å²) >= 11 is 0. The molecular weight excluding hydrogens is 294 g/mol. The number of aliphatic hydroxyl groups is 1. The molecule has 2 heterocycles. The monoisotopic (exact) mass is 317 g/mol. The van der Waals surface area contributed by atoms with Gasteiger partial charge in [0.1, 0.15) is 11.8 Å². The van der Waals surface area contributed by atoms with E-state index in [-0.39, 0.29) is 30.5 Å². The highest BCUT2D eigenvalue weighted by molar-refractivity contribution is 5.50. The van der Waals surface area contributed by atoms with Crippen molar-refractivity contribution in [3.05, 3.63) is 39.1 Å². The van der Waals surface area contributed by atoms with Crippen molar-refractivity contribution in [2.24, 2.45) is 11.7 Å². The SMILES string of the molecule is CCCc1cc2c(c(=O)n1CCO)C(C(C)C)C(C#N)=C(N)O2. The molecule has 1 aliphatic rings. The minimum absolute atomic E-state index is 0.0261. The van der Waals surface area contributed by atoms with Crippen molar-refractivity contribution in [2.45, 2.75) is 46.1 Å². The number of pyridine rings is 1. The molecule has 1 aromatic heterocycles. The number of aryl methyl sites for hydroxylation is 1. The van der Waals surface area contributed by atoms with Crippen LogP contribution in [0, 0.1) is 17.2 Å². The van der Waals surface area contributed by atoms with Gasteiger partial charge in [-0.15, -0.1) is 0 Å². The Morgan fingerprint density at radius 1 is 1.52 bits per heavy atom. The minimum atomic E-state index is -0.392. The van der Waals surface area contributed by atoms with Crippen LogP contribution in [0.15, 0.2) is 22.3 Å². The van der Waals surface area contributed by atoms with Crippen LogP contribution in [0.25, 0.3) is 0 Å². The van der Waals surface area contributed by atoms with Gasteiger partial charge in [-0.25, -0.2) is 0 Å². The number of nitriles is 1. The van der Waals surface area contributed by atoms with Crippen molar-refractivity contribution >= 4 is 0 Å². The van der Waals surface area contributed by atoms with Crippen molar-refractivity contribution in [3.8, 4) is 11.8 Å². The summed E-state index contributed by atoms with van der Waals surface area (Å²) in [6.45, 7) is 6.02. The molecule has 0 saturated carbocycles. The maximum absolute atomic E-state index is 13.0. The van der Waals surface area contributed by atoms with Gasteiger partial charge < -0.3 is 20.1 Å². The van der Waals surface area contributed by atoms with Crippen molar-refractivity contribution in [1.82, 2.24) is 4.57 Å². The molecule has 6 nitrogen and oxygen atoms in total. The van der Waals surface area contributed by atoms with E-state index in [1.807, 2.05) is 26.8 Å². The molecule has 1 atom stereocenters. The Balaban J connectivity index is 2.74. The summed E-state index contributed by atoms with van der Waals surface area (Å²) in [5.74, 6) is 0.137. The average Bonchev–Trinajstić information content (AvgIpc) is 2.50. The standard InChI is InChI=1S/C17H23N3O3/c1-4-5-11-8-13-15(17(22)20(11)6-7-21)14(10(2)3)12(9-18)16(19)23-13/h8,10,14,21H,4-7,19H2,1-3H3. The van der Waals surface area contributed by atoms with Crippen molar-refractivity contribution in [2.75, 3.05) is 6.61 Å². The number of nitrogens with zero attached hydrogens (tertiary/aromatic N) is 2. The van der Waals surface area contributed by atoms with E-state index in [1.165, 1.54) is 0 Å². The summed E-state index contributed by atoms with van der Waals surface area (Å²) in [5, 5.41) is 18.7. The first-order valence-corrected chi connectivity index (χ1v) is 7.91. The number of hydrogen-bond acceptors (Lipinski definition) is 5. The summed E-state index contributed by atoms with van der Waals surface area (Å²) in [6.07, 6.45) is 1.57. The lowest BCUT2D eigenvalue weighted by atomic mass is 9.81. The fourth-order valence-electron chi connectivity index (χ4n) is 3.13. The summed E-state index contributed by atoms with van der Waals surface area (Å²) < 4.78 is 7.16. The number of aromatic nitrogens is 1. The molecule has 0 radical (unpaired) electrons. The van der Waals surface area contributed by atoms with Gasteiger partial charge in [0.15, 0.2) is 0 Å². The number of ether oxygens (including phenoxy) is 1. The molecule has 1 aromatic rings. The van der Waals surface area contributed by atoms with Crippen LogP contribution in [0.5, 0.6) is 5.75 Å². The lowest BCUT2D eigenvalue weighted by Gasteiger charge is -2.29. The van der Waals surface area contributed by atoms with Crippen LogP contribution >= 0.6 is 0 Å². The number of rotatable bonds is 5. The molecule has 124 valence electrons. The van der Waals surface area contributed by atoms with Gasteiger partial charge in [-0.2, -0.15) is 5.26 Å². The van der Waals surface area contributed by atoms with Gasteiger partial charge in [0.05, 0.1) is 17.7 Å². The lowest BCUT2D eigenvalue weighted by molar-refractivity contribution is 0.270. The van der Waals surface area contributed by atoms with E-state index in [2.05, 4.69) is 6.07 Å². The fraction of sp³-hybridized carbons (Fsp3) is 0.529. The molecule has 0 aromatic carbocycles. The molecule has 0 saturated heterocycles. The average molecular weight is 317 g/mol. The summed E-state index contributed by atoms with van der Waals surface area (Å²) in [4.78, 5) is 13.0. The van der Waals surface area contributed by atoms with Crippen LogP contribution in [-0.4, -0.2) is 16.3 Å². The van der Waals surface area contributed by atoms with Gasteiger partial charge in [0.25, 0.3) is 5.56 Å². The predicted octanol–water partition coefficient (Wildman–Crippen LogP) is 1.62. The number of aliphatic hydroxyl groups excluding tert-OH is 1. The topological polar surface area (TPSA) is 101 Å². The Morgan fingerprint density at radius 2 is 2.22 bits per heavy atom. The Morgan fingerprint density at radius 3 is 2.74 bits per heavy atom. The second-order valence-corrected chi connectivity index (χ2v) is 6.06. The van der Waals surface area contributed by atoms with Crippen molar-refractivity contribution in [3.63, 3.8) is 0 Å². The molecule has 0 fully saturated rings. The molecule has 6 heteroatoms. The lowest BCUT2D eigenvalue weighted by Crippen LogP contribution is -2.35. The van der Waals surface area contributed by atoms with Crippen LogP contribution in [0.4, 0.5) is 0 Å². The first kappa shape index (κ1) is 17.1. The first-order valence-electron chi connectivity index (χ1n) is 7.91. The number of nitrogens with two attached hydrogens (primary N) is 1. The highest BCUT2D eigenvalue weighted by atomic mass is 16.5. The highest BCUT2D eigenvalue weighted by Gasteiger charge is 2.35. The Labute approximate surface area is 135 Å². The largest absolute Gasteiger partial charge is 0.440 e. The molecule has 2 rings (SSSR count). The van der Waals surface area contributed by atoms with Crippen LogP contribution < -0.4 is 16.0 Å². The van der Waals surface area contributed by atoms with Crippen molar-refractivity contribution in [1.29, 1.82) is 5.26 Å². The van der Waals surface area contributed by atoms with E-state index in [4.69, 9.17) is 10.5 Å². The summed E-state index contributed by atoms with van der Waals surface area (Å²) in [6, 6.07) is 3.89. The van der Waals surface area contributed by atoms with E-state index in [9.17, 15) is 15.2 Å². The van der Waals surface area contributed by atoms with E-state index < -0.39 is 5.92 Å². The van der Waals surface area contributed by atoms with Crippen LogP contribution in [0.3, 0.4) is 0 Å². The molecular formula is C17H23N3O3. The third kappa shape index (κ3) is 2.97. The second-order valence-electron chi connectivity index (χ2n) is 6.06. The molecule has 0 spiro atoms. The van der Waals surface area contributed by atoms with Gasteiger partial charge in [-0.05, 0) is 12.3 Å². The first-order chi connectivity index (χ1) is 11.0. The smallest absolute Gasteiger partial charge is 0.258 e. The molecule has 0 aliphatic carbocycles. The van der Waals surface area contributed by atoms with Crippen LogP contribution in [0.1, 0.15) is 44.4 Å². The molecule has 1 aliphatic heterocycles. The molecule has 0 amide bonds. The highest BCUT2D eigenvalue weighted by Crippen LogP contribution is 2.40. The number of allylic oxidation sites excluding steroid dienone is 1. The zero-order valence-corrected chi connectivity index (χ0v) is 13.8. The summed E-state index contributed by atoms with van der Waals surface area (Å²) in [7, 11) is 0. The number of hydrogen-bond donors (Lipinski definition) is 2. The van der Waals surface area contributed by atoms with Gasteiger partial charge in [-0.3, -0.25) is 4.79 Å². The zero-order chi connectivity index (χ0) is 17.1. The maximum Gasteiger partial charge on any atom is 0.258 e. The normalized spacial score (nSPS) is 17.0. The molecule has 3 N–H and O–H groups in total. The second kappa shape index (κ2) is 6.88. The fourth-order valence-corrected chi connectivity index (χ4v) is 3.13. The molecule has 23 heavy (non-hydrogen) atoms. The third-order valence-electron chi connectivity index (χ3n) is 4.11. The minimum Gasteiger partial charge on any atom is -0.440 e. The van der Waals surface area contributed by atoms with Gasteiger partial charge in [-0.1, -0.05) is 27.2 Å². The van der Waals surface area contributed by atoms with Crippen LogP contribution in [-0.2, 0) is 13.0 Å². The van der Waals surface area contributed by atoms with Crippen molar-refractivity contribution < 1.29 is 9.84 Å². The number of fused-ring (bicyclic) bond motifs is 1. The maximum atomic E-state index is 13.0. The summed E-state index contributed by atoms with van der Waals surface area (Å²) in [5.41, 5.74) is 7.24. The van der Waals surface area contributed by atoms with Gasteiger partial charge in [0, 0.05) is 24.2 Å². The quantitative estimate of drug-likeness (QED) is 0.859. The Bertz CT molecular complexity index is 726. The third-order valence-corrected chi connectivity index (χ3v) is 4.11. The Hall–Kier alpha value is -2.26. The molecule has 1 unspecified atom stereocenters. The van der Waals surface area contributed by atoms with E-state index in [0.29, 0.717) is 23.3 Å². The van der Waals surface area contributed by atoms with Gasteiger partial charge >= 0.3 is 0 Å². The molecule has 0 bridgehead atoms. The van der Waals surface area contributed by atoms with E-state index in [1.54, 1.807) is 4.57 Å². The zero-order valence-electron chi connectivity index (χ0n) is 13.8. The van der Waals surface area contributed by atoms with E-state index in [0.717, 1.165) is 12.1 Å². The van der Waals surface area contributed by atoms with Crippen LogP contribution in [0.2, 0.25) is 0 Å². The predicted molar refractivity (Wildman–Crippen MR) is 86.8 cm³/mol. The van der Waals surface area contributed by atoms with Gasteiger partial charge in [0.2, 0.25) is 5.88 Å². The Kier molecular flexibility index (Phi) is 5.12.